The van der Waals surface area contributed by atoms with Crippen LogP contribution in [0.1, 0.15) is 24.0 Å². The molecule has 3 aromatic rings. The molecule has 0 saturated heterocycles. The normalized spacial score (nSPS) is 11.0. The van der Waals surface area contributed by atoms with E-state index in [9.17, 15) is 0 Å². The van der Waals surface area contributed by atoms with Crippen LogP contribution in [0.15, 0.2) is 39.3 Å². The molecule has 0 saturated carbocycles. The lowest BCUT2D eigenvalue weighted by atomic mass is 10.2. The van der Waals surface area contributed by atoms with E-state index in [1.807, 2.05) is 24.3 Å². The molecule has 0 atom stereocenters. The predicted octanol–water partition coefficient (Wildman–Crippen LogP) is 4.94. The Morgan fingerprint density at radius 1 is 1.27 bits per heavy atom. The SMILES string of the molecule is CCCc1nc(CSc2n[nH]c(-c3ccccc3Br)n2)cs1. The third-order valence-electron chi connectivity index (χ3n) is 3.01. The molecule has 2 aromatic heterocycles. The van der Waals surface area contributed by atoms with Crippen LogP contribution in [0.5, 0.6) is 0 Å². The fraction of sp³-hybridized carbons (Fsp3) is 0.267. The highest BCUT2D eigenvalue weighted by Gasteiger charge is 2.10. The van der Waals surface area contributed by atoms with Crippen LogP contribution >= 0.6 is 39.0 Å². The van der Waals surface area contributed by atoms with E-state index in [4.69, 9.17) is 0 Å². The number of hydrogen-bond donors (Lipinski definition) is 1. The lowest BCUT2D eigenvalue weighted by Crippen LogP contribution is -1.85. The molecule has 1 aromatic carbocycles. The third kappa shape index (κ3) is 3.77. The van der Waals surface area contributed by atoms with Crippen molar-refractivity contribution in [1.82, 2.24) is 20.2 Å². The summed E-state index contributed by atoms with van der Waals surface area (Å²) in [4.78, 5) is 9.16. The highest BCUT2D eigenvalue weighted by molar-refractivity contribution is 9.10. The Morgan fingerprint density at radius 2 is 2.14 bits per heavy atom. The Balaban J connectivity index is 1.65. The molecule has 0 unspecified atom stereocenters. The minimum atomic E-state index is 0.746. The van der Waals surface area contributed by atoms with Crippen molar-refractivity contribution in [3.63, 3.8) is 0 Å². The van der Waals surface area contributed by atoms with Crippen LogP contribution in [0.4, 0.5) is 0 Å². The molecule has 0 aliphatic rings. The minimum absolute atomic E-state index is 0.746. The molecule has 0 bridgehead atoms. The number of hydrogen-bond acceptors (Lipinski definition) is 5. The Kier molecular flexibility index (Phi) is 5.28. The Labute approximate surface area is 145 Å². The first-order valence-electron chi connectivity index (χ1n) is 6.99. The van der Waals surface area contributed by atoms with Crippen LogP contribution < -0.4 is 0 Å². The molecule has 114 valence electrons. The minimum Gasteiger partial charge on any atom is -0.258 e. The van der Waals surface area contributed by atoms with Crippen molar-refractivity contribution < 1.29 is 0 Å². The highest BCUT2D eigenvalue weighted by atomic mass is 79.9. The number of thiazole rings is 1. The molecule has 22 heavy (non-hydrogen) atoms. The van der Waals surface area contributed by atoms with E-state index in [0.717, 1.165) is 45.3 Å². The van der Waals surface area contributed by atoms with E-state index in [0.29, 0.717) is 0 Å². The number of aromatic amines is 1. The van der Waals surface area contributed by atoms with Gasteiger partial charge in [0.2, 0.25) is 5.16 Å². The topological polar surface area (TPSA) is 54.5 Å². The summed E-state index contributed by atoms with van der Waals surface area (Å²) in [6.07, 6.45) is 2.19. The fourth-order valence-electron chi connectivity index (χ4n) is 1.97. The zero-order valence-corrected chi connectivity index (χ0v) is 15.3. The van der Waals surface area contributed by atoms with Crippen LogP contribution in [0.2, 0.25) is 0 Å². The van der Waals surface area contributed by atoms with Crippen molar-refractivity contribution in [2.45, 2.75) is 30.7 Å². The Morgan fingerprint density at radius 3 is 2.95 bits per heavy atom. The van der Waals surface area contributed by atoms with Crippen molar-refractivity contribution in [2.24, 2.45) is 0 Å². The molecule has 7 heteroatoms. The first kappa shape index (κ1) is 15.7. The van der Waals surface area contributed by atoms with E-state index in [1.54, 1.807) is 23.1 Å². The lowest BCUT2D eigenvalue weighted by molar-refractivity contribution is 0.901. The van der Waals surface area contributed by atoms with Gasteiger partial charge in [0, 0.05) is 21.2 Å². The van der Waals surface area contributed by atoms with Crippen molar-refractivity contribution in [1.29, 1.82) is 0 Å². The largest absolute Gasteiger partial charge is 0.258 e. The van der Waals surface area contributed by atoms with Gasteiger partial charge >= 0.3 is 0 Å². The molecule has 3 rings (SSSR count). The molecule has 0 aliphatic heterocycles. The van der Waals surface area contributed by atoms with Gasteiger partial charge in [-0.1, -0.05) is 52.8 Å². The second-order valence-electron chi connectivity index (χ2n) is 4.72. The number of halogens is 1. The van der Waals surface area contributed by atoms with Crippen molar-refractivity contribution in [2.75, 3.05) is 0 Å². The summed E-state index contributed by atoms with van der Waals surface area (Å²) in [5, 5.41) is 11.3. The maximum Gasteiger partial charge on any atom is 0.209 e. The molecule has 1 N–H and O–H groups in total. The average Bonchev–Trinajstić information content (AvgIpc) is 3.15. The second kappa shape index (κ2) is 7.39. The Hall–Kier alpha value is -1.18. The van der Waals surface area contributed by atoms with Crippen LogP contribution in [0, 0.1) is 0 Å². The summed E-state index contributed by atoms with van der Waals surface area (Å²) in [5.74, 6) is 1.58. The molecule has 4 nitrogen and oxygen atoms in total. The van der Waals surface area contributed by atoms with Crippen LogP contribution in [-0.4, -0.2) is 20.2 Å². The first-order valence-corrected chi connectivity index (χ1v) is 9.65. The van der Waals surface area contributed by atoms with Gasteiger partial charge in [0.15, 0.2) is 5.82 Å². The zero-order valence-electron chi connectivity index (χ0n) is 12.0. The predicted molar refractivity (Wildman–Crippen MR) is 95.2 cm³/mol. The van der Waals surface area contributed by atoms with Gasteiger partial charge in [0.25, 0.3) is 0 Å². The van der Waals surface area contributed by atoms with E-state index in [-0.39, 0.29) is 0 Å². The molecular weight excluding hydrogens is 380 g/mol. The summed E-state index contributed by atoms with van der Waals surface area (Å²) < 4.78 is 1.01. The average molecular weight is 395 g/mol. The van der Waals surface area contributed by atoms with Crippen LogP contribution in [0.3, 0.4) is 0 Å². The maximum absolute atomic E-state index is 4.62. The van der Waals surface area contributed by atoms with Crippen molar-refractivity contribution in [3.8, 4) is 11.4 Å². The van der Waals surface area contributed by atoms with E-state index < -0.39 is 0 Å². The van der Waals surface area contributed by atoms with Crippen molar-refractivity contribution >= 4 is 39.0 Å². The van der Waals surface area contributed by atoms with Gasteiger partial charge in [0.05, 0.1) is 10.7 Å². The van der Waals surface area contributed by atoms with Gasteiger partial charge in [-0.2, -0.15) is 0 Å². The number of thioether (sulfide) groups is 1. The summed E-state index contributed by atoms with van der Waals surface area (Å²) in [6, 6.07) is 7.97. The molecule has 0 fully saturated rings. The smallest absolute Gasteiger partial charge is 0.209 e. The Bertz CT molecular complexity index is 753. The summed E-state index contributed by atoms with van der Waals surface area (Å²) in [7, 11) is 0. The summed E-state index contributed by atoms with van der Waals surface area (Å²) >= 11 is 6.87. The maximum atomic E-state index is 4.62. The van der Waals surface area contributed by atoms with Crippen LogP contribution in [0.25, 0.3) is 11.4 Å². The van der Waals surface area contributed by atoms with Gasteiger partial charge in [-0.3, -0.25) is 5.10 Å². The van der Waals surface area contributed by atoms with Gasteiger partial charge in [-0.05, 0) is 18.9 Å². The van der Waals surface area contributed by atoms with Gasteiger partial charge < -0.3 is 0 Å². The number of aromatic nitrogens is 4. The van der Waals surface area contributed by atoms with Gasteiger partial charge in [-0.15, -0.1) is 16.4 Å². The lowest BCUT2D eigenvalue weighted by Gasteiger charge is -1.98. The summed E-state index contributed by atoms with van der Waals surface area (Å²) in [6.45, 7) is 2.17. The van der Waals surface area contributed by atoms with E-state index in [2.05, 4.69) is 48.4 Å². The number of nitrogens with zero attached hydrogens (tertiary/aromatic N) is 3. The zero-order chi connectivity index (χ0) is 15.4. The monoisotopic (exact) mass is 394 g/mol. The number of aryl methyl sites for hydroxylation is 1. The fourth-order valence-corrected chi connectivity index (χ4v) is 4.14. The molecule has 0 radical (unpaired) electrons. The van der Waals surface area contributed by atoms with Gasteiger partial charge in [-0.25, -0.2) is 9.97 Å². The number of rotatable bonds is 6. The summed E-state index contributed by atoms with van der Waals surface area (Å²) in [5.41, 5.74) is 2.12. The number of H-pyrrole nitrogens is 1. The standard InChI is InChI=1S/C15H15BrN4S2/c1-2-5-13-17-10(8-21-13)9-22-15-18-14(19-20-15)11-6-3-4-7-12(11)16/h3-4,6-8H,2,5,9H2,1H3,(H,18,19,20). The highest BCUT2D eigenvalue weighted by Crippen LogP contribution is 2.27. The molecule has 0 aliphatic carbocycles. The quantitative estimate of drug-likeness (QED) is 0.601. The number of nitrogens with one attached hydrogen (secondary N) is 1. The first-order chi connectivity index (χ1) is 10.8. The third-order valence-corrected chi connectivity index (χ3v) is 5.54. The number of benzene rings is 1. The van der Waals surface area contributed by atoms with Crippen LogP contribution in [-0.2, 0) is 12.2 Å². The second-order valence-corrected chi connectivity index (χ2v) is 7.46. The molecule has 0 amide bonds. The van der Waals surface area contributed by atoms with E-state index >= 15 is 0 Å². The molecule has 2 heterocycles. The van der Waals surface area contributed by atoms with Crippen molar-refractivity contribution in [3.05, 3.63) is 44.8 Å². The molecular formula is C15H15BrN4S2. The van der Waals surface area contributed by atoms with Gasteiger partial charge in [0.1, 0.15) is 0 Å². The molecule has 0 spiro atoms. The van der Waals surface area contributed by atoms with E-state index in [1.165, 1.54) is 5.01 Å².